The standard InChI is InChI=1S/C28H30FN5O3/c29-21-5-7-23(8-6-21)37-25-9-4-18(14-20(25)17-34-12-2-1-3-13-34)27-32-22(16-24(33-27)26(30)35)15-19-10-11-31-28(19)36/h4-9,14,16,19H,1-3,10-13,15,17H2,(H2,30,35)(H,31,36). The van der Waals surface area contributed by atoms with Gasteiger partial charge in [0.15, 0.2) is 5.82 Å². The normalized spacial score (nSPS) is 18.0. The molecule has 9 heteroatoms. The van der Waals surface area contributed by atoms with Crippen LogP contribution >= 0.6 is 0 Å². The van der Waals surface area contributed by atoms with Gasteiger partial charge in [0.05, 0.1) is 0 Å². The van der Waals surface area contributed by atoms with Crippen molar-refractivity contribution in [2.75, 3.05) is 19.6 Å². The predicted molar refractivity (Wildman–Crippen MR) is 136 cm³/mol. The summed E-state index contributed by atoms with van der Waals surface area (Å²) < 4.78 is 19.5. The van der Waals surface area contributed by atoms with Gasteiger partial charge in [-0.25, -0.2) is 14.4 Å². The zero-order valence-electron chi connectivity index (χ0n) is 20.6. The SMILES string of the molecule is NC(=O)c1cc(CC2CCNC2=O)nc(-c2ccc(Oc3ccc(F)cc3)c(CN3CCCCC3)c2)n1. The van der Waals surface area contributed by atoms with E-state index in [1.54, 1.807) is 18.2 Å². The minimum Gasteiger partial charge on any atom is -0.457 e. The highest BCUT2D eigenvalue weighted by Gasteiger charge is 2.26. The molecule has 2 fully saturated rings. The highest BCUT2D eigenvalue weighted by Crippen LogP contribution is 2.31. The first-order valence-corrected chi connectivity index (χ1v) is 12.7. The molecule has 0 spiro atoms. The summed E-state index contributed by atoms with van der Waals surface area (Å²) in [4.78, 5) is 35.7. The maximum absolute atomic E-state index is 13.4. The lowest BCUT2D eigenvalue weighted by Crippen LogP contribution is -2.29. The second kappa shape index (κ2) is 11.0. The average molecular weight is 504 g/mol. The van der Waals surface area contributed by atoms with Crippen LogP contribution in [0.5, 0.6) is 11.5 Å². The molecule has 37 heavy (non-hydrogen) atoms. The van der Waals surface area contributed by atoms with Gasteiger partial charge in [0, 0.05) is 42.2 Å². The quantitative estimate of drug-likeness (QED) is 0.483. The van der Waals surface area contributed by atoms with Gasteiger partial charge in [-0.1, -0.05) is 6.42 Å². The number of carbonyl (C=O) groups is 2. The number of likely N-dealkylation sites (tertiary alicyclic amines) is 1. The van der Waals surface area contributed by atoms with Crippen LogP contribution < -0.4 is 15.8 Å². The second-order valence-corrected chi connectivity index (χ2v) is 9.63. The molecule has 2 aliphatic rings. The van der Waals surface area contributed by atoms with E-state index in [0.717, 1.165) is 43.5 Å². The molecule has 2 saturated heterocycles. The molecule has 3 heterocycles. The molecule has 0 bridgehead atoms. The van der Waals surface area contributed by atoms with Gasteiger partial charge in [0.2, 0.25) is 5.91 Å². The number of ether oxygens (including phenoxy) is 1. The van der Waals surface area contributed by atoms with Gasteiger partial charge in [-0.05, 0) is 80.9 Å². The largest absolute Gasteiger partial charge is 0.457 e. The van der Waals surface area contributed by atoms with Gasteiger partial charge in [-0.15, -0.1) is 0 Å². The number of hydrogen-bond donors (Lipinski definition) is 2. The van der Waals surface area contributed by atoms with E-state index >= 15 is 0 Å². The van der Waals surface area contributed by atoms with Crippen LogP contribution in [-0.4, -0.2) is 46.3 Å². The number of aromatic nitrogens is 2. The van der Waals surface area contributed by atoms with Crippen LogP contribution in [0.2, 0.25) is 0 Å². The van der Waals surface area contributed by atoms with E-state index in [1.807, 2.05) is 18.2 Å². The summed E-state index contributed by atoms with van der Waals surface area (Å²) in [5.74, 6) is 0.404. The first kappa shape index (κ1) is 24.8. The Balaban J connectivity index is 1.49. The molecular formula is C28H30FN5O3. The fourth-order valence-electron chi connectivity index (χ4n) is 4.88. The molecule has 0 saturated carbocycles. The Morgan fingerprint density at radius 3 is 2.57 bits per heavy atom. The zero-order valence-corrected chi connectivity index (χ0v) is 20.6. The van der Waals surface area contributed by atoms with Crippen molar-refractivity contribution in [2.24, 2.45) is 11.7 Å². The molecule has 3 aromatic rings. The number of amides is 2. The third kappa shape index (κ3) is 6.11. The van der Waals surface area contributed by atoms with E-state index in [2.05, 4.69) is 15.2 Å². The second-order valence-electron chi connectivity index (χ2n) is 9.63. The number of nitrogens with zero attached hydrogens (tertiary/aromatic N) is 3. The molecular weight excluding hydrogens is 473 g/mol. The molecule has 3 N–H and O–H groups in total. The zero-order chi connectivity index (χ0) is 25.8. The van der Waals surface area contributed by atoms with E-state index in [0.29, 0.717) is 42.5 Å². The smallest absolute Gasteiger partial charge is 0.267 e. The lowest BCUT2D eigenvalue weighted by Gasteiger charge is -2.27. The van der Waals surface area contributed by atoms with Crippen LogP contribution in [0.25, 0.3) is 11.4 Å². The fraction of sp³-hybridized carbons (Fsp3) is 0.357. The van der Waals surface area contributed by atoms with Crippen LogP contribution in [-0.2, 0) is 17.8 Å². The van der Waals surface area contributed by atoms with Crippen LogP contribution in [0.4, 0.5) is 4.39 Å². The summed E-state index contributed by atoms with van der Waals surface area (Å²) in [6.45, 7) is 3.32. The average Bonchev–Trinajstić information content (AvgIpc) is 3.30. The van der Waals surface area contributed by atoms with Crippen molar-refractivity contribution in [1.82, 2.24) is 20.2 Å². The monoisotopic (exact) mass is 503 g/mol. The molecule has 1 aromatic heterocycles. The summed E-state index contributed by atoms with van der Waals surface area (Å²) in [7, 11) is 0. The number of nitrogens with one attached hydrogen (secondary N) is 1. The van der Waals surface area contributed by atoms with Gasteiger partial charge >= 0.3 is 0 Å². The molecule has 2 amide bonds. The molecule has 5 rings (SSSR count). The van der Waals surface area contributed by atoms with Crippen molar-refractivity contribution in [3.05, 3.63) is 71.3 Å². The van der Waals surface area contributed by atoms with E-state index in [1.165, 1.54) is 18.6 Å². The topological polar surface area (TPSA) is 110 Å². The molecule has 2 aliphatic heterocycles. The minimum absolute atomic E-state index is 0.00750. The van der Waals surface area contributed by atoms with E-state index in [9.17, 15) is 14.0 Å². The Kier molecular flexibility index (Phi) is 7.41. The first-order valence-electron chi connectivity index (χ1n) is 12.7. The van der Waals surface area contributed by atoms with E-state index in [-0.39, 0.29) is 23.3 Å². The molecule has 0 aliphatic carbocycles. The van der Waals surface area contributed by atoms with Crippen molar-refractivity contribution in [2.45, 2.75) is 38.6 Å². The van der Waals surface area contributed by atoms with Gasteiger partial charge in [-0.3, -0.25) is 14.5 Å². The van der Waals surface area contributed by atoms with E-state index in [4.69, 9.17) is 15.5 Å². The number of rotatable bonds is 8. The molecule has 0 radical (unpaired) electrons. The van der Waals surface area contributed by atoms with Crippen molar-refractivity contribution < 1.29 is 18.7 Å². The van der Waals surface area contributed by atoms with Crippen LogP contribution in [0.3, 0.4) is 0 Å². The van der Waals surface area contributed by atoms with Crippen molar-refractivity contribution in [1.29, 1.82) is 0 Å². The minimum atomic E-state index is -0.648. The number of benzene rings is 2. The fourth-order valence-corrected chi connectivity index (χ4v) is 4.88. The number of piperidine rings is 1. The summed E-state index contributed by atoms with van der Waals surface area (Å²) in [6, 6.07) is 13.1. The van der Waals surface area contributed by atoms with Crippen LogP contribution in [0.15, 0.2) is 48.5 Å². The lowest BCUT2D eigenvalue weighted by atomic mass is 10.0. The Bertz CT molecular complexity index is 1290. The summed E-state index contributed by atoms with van der Waals surface area (Å²) in [6.07, 6.45) is 4.66. The van der Waals surface area contributed by atoms with Crippen molar-refractivity contribution in [3.63, 3.8) is 0 Å². The maximum atomic E-state index is 13.4. The highest BCUT2D eigenvalue weighted by atomic mass is 19.1. The van der Waals surface area contributed by atoms with Gasteiger partial charge < -0.3 is 15.8 Å². The molecule has 192 valence electrons. The van der Waals surface area contributed by atoms with Crippen molar-refractivity contribution in [3.8, 4) is 22.9 Å². The molecule has 1 unspecified atom stereocenters. The van der Waals surface area contributed by atoms with Crippen LogP contribution in [0, 0.1) is 11.7 Å². The Morgan fingerprint density at radius 2 is 1.86 bits per heavy atom. The summed E-state index contributed by atoms with van der Waals surface area (Å²) in [5.41, 5.74) is 7.95. The van der Waals surface area contributed by atoms with Crippen molar-refractivity contribution >= 4 is 11.8 Å². The Hall–Kier alpha value is -3.85. The number of halogens is 1. The summed E-state index contributed by atoms with van der Waals surface area (Å²) >= 11 is 0. The molecule has 2 aromatic carbocycles. The lowest BCUT2D eigenvalue weighted by molar-refractivity contribution is -0.122. The van der Waals surface area contributed by atoms with E-state index < -0.39 is 5.91 Å². The Labute approximate surface area is 215 Å². The molecule has 8 nitrogen and oxygen atoms in total. The third-order valence-corrected chi connectivity index (χ3v) is 6.85. The number of nitrogens with two attached hydrogens (primary N) is 1. The maximum Gasteiger partial charge on any atom is 0.267 e. The van der Waals surface area contributed by atoms with Crippen LogP contribution in [0.1, 0.15) is 47.4 Å². The van der Waals surface area contributed by atoms with Gasteiger partial charge in [0.25, 0.3) is 5.91 Å². The summed E-state index contributed by atoms with van der Waals surface area (Å²) in [5, 5.41) is 2.84. The first-order chi connectivity index (χ1) is 17.9. The van der Waals surface area contributed by atoms with Gasteiger partial charge in [-0.2, -0.15) is 0 Å². The number of carbonyl (C=O) groups excluding carboxylic acids is 2. The number of primary amides is 1. The predicted octanol–water partition coefficient (Wildman–Crippen LogP) is 3.84. The highest BCUT2D eigenvalue weighted by molar-refractivity contribution is 5.91. The van der Waals surface area contributed by atoms with Gasteiger partial charge in [0.1, 0.15) is 23.0 Å². The number of hydrogen-bond acceptors (Lipinski definition) is 6. The molecule has 1 atom stereocenters. The Morgan fingerprint density at radius 1 is 1.08 bits per heavy atom. The third-order valence-electron chi connectivity index (χ3n) is 6.85.